The minimum absolute atomic E-state index is 0.138. The van der Waals surface area contributed by atoms with Crippen molar-refractivity contribution in [3.63, 3.8) is 0 Å². The van der Waals surface area contributed by atoms with Crippen LogP contribution in [0, 0.1) is 10.1 Å². The lowest BCUT2D eigenvalue weighted by Gasteiger charge is -2.24. The highest BCUT2D eigenvalue weighted by molar-refractivity contribution is 9.10. The van der Waals surface area contributed by atoms with E-state index in [1.807, 2.05) is 36.4 Å². The topological polar surface area (TPSA) is 43.1 Å². The molecule has 1 aliphatic rings. The van der Waals surface area contributed by atoms with Gasteiger partial charge in [-0.3, -0.25) is 10.1 Å². The molecule has 0 N–H and O–H groups in total. The third-order valence-electron chi connectivity index (χ3n) is 5.04. The summed E-state index contributed by atoms with van der Waals surface area (Å²) in [4.78, 5) is 11.2. The molecule has 3 aromatic rings. The number of hydrogen-bond donors (Lipinski definition) is 0. The van der Waals surface area contributed by atoms with E-state index in [2.05, 4.69) is 41.9 Å². The van der Waals surface area contributed by atoms with Gasteiger partial charge in [-0.05, 0) is 34.4 Å². The Morgan fingerprint density at radius 2 is 1.52 bits per heavy atom. The van der Waals surface area contributed by atoms with Crippen molar-refractivity contribution in [3.05, 3.63) is 86.4 Å². The maximum absolute atomic E-state index is 11.5. The highest BCUT2D eigenvalue weighted by Gasteiger charge is 2.39. The first-order chi connectivity index (χ1) is 11.9. The predicted molar refractivity (Wildman–Crippen MR) is 104 cm³/mol. The van der Waals surface area contributed by atoms with Gasteiger partial charge in [-0.25, -0.2) is 0 Å². The Labute approximate surface area is 154 Å². The van der Waals surface area contributed by atoms with Gasteiger partial charge >= 0.3 is 0 Å². The summed E-state index contributed by atoms with van der Waals surface area (Å²) in [5.74, 6) is 0. The molecule has 0 spiro atoms. The third kappa shape index (κ3) is 2.24. The first-order valence-electron chi connectivity index (χ1n) is 8.09. The van der Waals surface area contributed by atoms with Crippen molar-refractivity contribution < 1.29 is 4.92 Å². The summed E-state index contributed by atoms with van der Waals surface area (Å²) < 4.78 is 1.02. The van der Waals surface area contributed by atoms with E-state index < -0.39 is 0 Å². The number of benzene rings is 3. The second-order valence-electron chi connectivity index (χ2n) is 6.79. The van der Waals surface area contributed by atoms with Crippen LogP contribution in [0.1, 0.15) is 25.0 Å². The number of para-hydroxylation sites is 1. The van der Waals surface area contributed by atoms with Gasteiger partial charge in [0.25, 0.3) is 5.69 Å². The van der Waals surface area contributed by atoms with Crippen molar-refractivity contribution in [3.8, 4) is 22.3 Å². The summed E-state index contributed by atoms with van der Waals surface area (Å²) in [7, 11) is 0. The number of nitro groups is 1. The summed E-state index contributed by atoms with van der Waals surface area (Å²) in [6.45, 7) is 4.37. The average molecular weight is 394 g/mol. The Kier molecular flexibility index (Phi) is 3.55. The van der Waals surface area contributed by atoms with Crippen LogP contribution in [0.2, 0.25) is 0 Å². The highest BCUT2D eigenvalue weighted by Crippen LogP contribution is 2.55. The van der Waals surface area contributed by atoms with Gasteiger partial charge < -0.3 is 0 Å². The van der Waals surface area contributed by atoms with Gasteiger partial charge in [0.1, 0.15) is 0 Å². The SMILES string of the molecule is CC1(C)c2ccccc2-c2c(Br)ccc(-c3ccccc3[N+](=O)[O-])c21. The molecule has 4 rings (SSSR count). The van der Waals surface area contributed by atoms with Crippen LogP contribution in [0.4, 0.5) is 5.69 Å². The van der Waals surface area contributed by atoms with Crippen LogP contribution >= 0.6 is 15.9 Å². The quantitative estimate of drug-likeness (QED) is 0.377. The highest BCUT2D eigenvalue weighted by atomic mass is 79.9. The van der Waals surface area contributed by atoms with Gasteiger partial charge in [-0.2, -0.15) is 0 Å². The van der Waals surface area contributed by atoms with Gasteiger partial charge in [-0.15, -0.1) is 0 Å². The normalized spacial score (nSPS) is 14.0. The number of halogens is 1. The molecule has 0 aromatic heterocycles. The van der Waals surface area contributed by atoms with Crippen LogP contribution in [-0.4, -0.2) is 4.92 Å². The van der Waals surface area contributed by atoms with Crippen molar-refractivity contribution in [2.24, 2.45) is 0 Å². The van der Waals surface area contributed by atoms with Crippen molar-refractivity contribution in [2.75, 3.05) is 0 Å². The Hall–Kier alpha value is -2.46. The minimum atomic E-state index is -0.307. The smallest absolute Gasteiger partial charge is 0.258 e. The van der Waals surface area contributed by atoms with Crippen molar-refractivity contribution in [2.45, 2.75) is 19.3 Å². The lowest BCUT2D eigenvalue weighted by atomic mass is 9.78. The molecule has 1 aliphatic carbocycles. The number of nitrogens with zero attached hydrogens (tertiary/aromatic N) is 1. The molecule has 4 heteroatoms. The summed E-state index contributed by atoms with van der Waals surface area (Å²) >= 11 is 3.69. The van der Waals surface area contributed by atoms with E-state index in [1.165, 1.54) is 11.1 Å². The van der Waals surface area contributed by atoms with E-state index in [-0.39, 0.29) is 16.0 Å². The molecule has 0 fully saturated rings. The Bertz CT molecular complexity index is 1020. The first-order valence-corrected chi connectivity index (χ1v) is 8.89. The van der Waals surface area contributed by atoms with Gasteiger partial charge in [0.05, 0.1) is 10.5 Å². The zero-order valence-corrected chi connectivity index (χ0v) is 15.5. The van der Waals surface area contributed by atoms with Crippen molar-refractivity contribution >= 4 is 21.6 Å². The number of nitro benzene ring substituents is 1. The van der Waals surface area contributed by atoms with Gasteiger partial charge in [0.2, 0.25) is 0 Å². The molecule has 0 bridgehead atoms. The van der Waals surface area contributed by atoms with Crippen LogP contribution in [-0.2, 0) is 5.41 Å². The molecular weight excluding hydrogens is 378 g/mol. The molecule has 0 saturated carbocycles. The van der Waals surface area contributed by atoms with E-state index in [9.17, 15) is 10.1 Å². The van der Waals surface area contributed by atoms with E-state index in [4.69, 9.17) is 0 Å². The zero-order valence-electron chi connectivity index (χ0n) is 13.9. The lowest BCUT2D eigenvalue weighted by Crippen LogP contribution is -2.16. The van der Waals surface area contributed by atoms with Gasteiger partial charge in [0, 0.05) is 21.5 Å². The second kappa shape index (κ2) is 5.53. The summed E-state index contributed by atoms with van der Waals surface area (Å²) in [5, 5.41) is 11.5. The van der Waals surface area contributed by atoms with E-state index >= 15 is 0 Å². The lowest BCUT2D eigenvalue weighted by molar-refractivity contribution is -0.384. The summed E-state index contributed by atoms with van der Waals surface area (Å²) in [6, 6.07) is 19.3. The molecule has 0 saturated heterocycles. The zero-order chi connectivity index (χ0) is 17.8. The third-order valence-corrected chi connectivity index (χ3v) is 5.70. The molecule has 0 atom stereocenters. The molecule has 0 heterocycles. The van der Waals surface area contributed by atoms with Crippen LogP contribution in [0.5, 0.6) is 0 Å². The molecule has 0 radical (unpaired) electrons. The van der Waals surface area contributed by atoms with E-state index in [0.717, 1.165) is 21.2 Å². The van der Waals surface area contributed by atoms with Crippen molar-refractivity contribution in [1.29, 1.82) is 0 Å². The largest absolute Gasteiger partial charge is 0.277 e. The molecule has 25 heavy (non-hydrogen) atoms. The van der Waals surface area contributed by atoms with Crippen LogP contribution in [0.15, 0.2) is 65.1 Å². The fraction of sp³-hybridized carbons (Fsp3) is 0.143. The summed E-state index contributed by atoms with van der Waals surface area (Å²) in [5.41, 5.74) is 6.21. The maximum Gasteiger partial charge on any atom is 0.277 e. The van der Waals surface area contributed by atoms with Gasteiger partial charge in [-0.1, -0.05) is 72.2 Å². The number of rotatable bonds is 2. The monoisotopic (exact) mass is 393 g/mol. The minimum Gasteiger partial charge on any atom is -0.258 e. The molecular formula is C21H16BrNO2. The standard InChI is InChI=1S/C21H16BrNO2/c1-21(2)16-9-5-3-8-15(16)19-17(22)12-11-14(20(19)21)13-7-4-6-10-18(13)23(24)25/h3-12H,1-2H3. The molecule has 124 valence electrons. The van der Waals surface area contributed by atoms with Crippen molar-refractivity contribution in [1.82, 2.24) is 0 Å². The fourth-order valence-electron chi connectivity index (χ4n) is 3.96. The summed E-state index contributed by atoms with van der Waals surface area (Å²) in [6.07, 6.45) is 0. The Morgan fingerprint density at radius 3 is 2.24 bits per heavy atom. The molecule has 3 nitrogen and oxygen atoms in total. The van der Waals surface area contributed by atoms with Gasteiger partial charge in [0.15, 0.2) is 0 Å². The molecule has 0 amide bonds. The van der Waals surface area contributed by atoms with Crippen LogP contribution in [0.25, 0.3) is 22.3 Å². The first kappa shape index (κ1) is 16.0. The van der Waals surface area contributed by atoms with Crippen LogP contribution < -0.4 is 0 Å². The number of hydrogen-bond acceptors (Lipinski definition) is 2. The Balaban J connectivity index is 2.10. The van der Waals surface area contributed by atoms with E-state index in [0.29, 0.717) is 5.56 Å². The predicted octanol–water partition coefficient (Wildman–Crippen LogP) is 6.33. The molecule has 3 aromatic carbocycles. The van der Waals surface area contributed by atoms with E-state index in [1.54, 1.807) is 12.1 Å². The average Bonchev–Trinajstić information content (AvgIpc) is 2.85. The van der Waals surface area contributed by atoms with Crippen LogP contribution in [0.3, 0.4) is 0 Å². The fourth-order valence-corrected chi connectivity index (χ4v) is 4.50. The number of fused-ring (bicyclic) bond motifs is 3. The Morgan fingerprint density at radius 1 is 0.880 bits per heavy atom. The molecule has 0 aliphatic heterocycles. The second-order valence-corrected chi connectivity index (χ2v) is 7.64. The maximum atomic E-state index is 11.5. The molecule has 0 unspecified atom stereocenters.